The van der Waals surface area contributed by atoms with Gasteiger partial charge in [-0.1, -0.05) is 29.8 Å². The van der Waals surface area contributed by atoms with Gasteiger partial charge in [0.25, 0.3) is 0 Å². The minimum atomic E-state index is 0.670. The van der Waals surface area contributed by atoms with Crippen LogP contribution in [0, 0.1) is 0 Å². The number of piperazine rings is 1. The van der Waals surface area contributed by atoms with Crippen LogP contribution in [0.15, 0.2) is 48.5 Å². The van der Waals surface area contributed by atoms with E-state index in [1.165, 1.54) is 5.56 Å². The second kappa shape index (κ2) is 9.21. The maximum atomic E-state index is 6.27. The molecule has 0 radical (unpaired) electrons. The summed E-state index contributed by atoms with van der Waals surface area (Å²) in [5.74, 6) is 0.872. The predicted octanol–water partition coefficient (Wildman–Crippen LogP) is 4.25. The van der Waals surface area contributed by atoms with Crippen LogP contribution in [0.2, 0.25) is 5.02 Å². The molecule has 0 aliphatic carbocycles. The van der Waals surface area contributed by atoms with Crippen LogP contribution in [0.1, 0.15) is 12.5 Å². The maximum Gasteiger partial charge on any atom is 0.173 e. The number of nitrogens with zero attached hydrogens (tertiary/aromatic N) is 2. The largest absolute Gasteiger partial charge is 0.494 e. The van der Waals surface area contributed by atoms with E-state index in [0.29, 0.717) is 6.61 Å². The first-order chi connectivity index (χ1) is 12.7. The molecule has 2 aromatic rings. The summed E-state index contributed by atoms with van der Waals surface area (Å²) in [5, 5.41) is 4.92. The number of halogens is 1. The molecule has 0 bridgehead atoms. The Morgan fingerprint density at radius 3 is 2.42 bits per heavy atom. The van der Waals surface area contributed by atoms with Crippen molar-refractivity contribution in [1.82, 2.24) is 9.80 Å². The number of hydrogen-bond acceptors (Lipinski definition) is 3. The molecule has 1 saturated heterocycles. The van der Waals surface area contributed by atoms with Crippen LogP contribution >= 0.6 is 23.8 Å². The summed E-state index contributed by atoms with van der Waals surface area (Å²) >= 11 is 11.8. The van der Waals surface area contributed by atoms with Crippen molar-refractivity contribution in [3.8, 4) is 5.75 Å². The zero-order valence-electron chi connectivity index (χ0n) is 15.0. The van der Waals surface area contributed by atoms with Gasteiger partial charge in [-0.15, -0.1) is 0 Å². The average Bonchev–Trinajstić information content (AvgIpc) is 2.66. The summed E-state index contributed by atoms with van der Waals surface area (Å²) in [5.41, 5.74) is 2.16. The fraction of sp³-hybridized carbons (Fsp3) is 0.350. The van der Waals surface area contributed by atoms with E-state index in [4.69, 9.17) is 28.6 Å². The first-order valence-corrected chi connectivity index (χ1v) is 9.69. The van der Waals surface area contributed by atoms with Crippen molar-refractivity contribution >= 4 is 34.6 Å². The highest BCUT2D eigenvalue weighted by atomic mass is 35.5. The molecule has 1 N–H and O–H groups in total. The Morgan fingerprint density at radius 2 is 1.77 bits per heavy atom. The molecule has 4 nitrogen and oxygen atoms in total. The van der Waals surface area contributed by atoms with Crippen LogP contribution in [0.4, 0.5) is 5.69 Å². The SMILES string of the molecule is CCOc1ccc(NC(=S)N2CCN(Cc3ccccc3Cl)CC2)cc1. The van der Waals surface area contributed by atoms with Crippen LogP contribution in [-0.4, -0.2) is 47.7 Å². The van der Waals surface area contributed by atoms with Crippen LogP contribution in [0.3, 0.4) is 0 Å². The Morgan fingerprint density at radius 1 is 1.08 bits per heavy atom. The smallest absolute Gasteiger partial charge is 0.173 e. The van der Waals surface area contributed by atoms with E-state index in [1.54, 1.807) is 0 Å². The fourth-order valence-corrected chi connectivity index (χ4v) is 3.48. The molecule has 3 rings (SSSR count). The van der Waals surface area contributed by atoms with E-state index in [-0.39, 0.29) is 0 Å². The number of rotatable bonds is 5. The Kier molecular flexibility index (Phi) is 6.72. The van der Waals surface area contributed by atoms with Gasteiger partial charge in [-0.2, -0.15) is 0 Å². The second-order valence-corrected chi connectivity index (χ2v) is 7.04. The van der Waals surface area contributed by atoms with Crippen molar-refractivity contribution in [3.63, 3.8) is 0 Å². The minimum Gasteiger partial charge on any atom is -0.494 e. The Labute approximate surface area is 165 Å². The molecular weight excluding hydrogens is 366 g/mol. The van der Waals surface area contributed by atoms with E-state index < -0.39 is 0 Å². The van der Waals surface area contributed by atoms with E-state index in [9.17, 15) is 0 Å². The zero-order chi connectivity index (χ0) is 18.4. The monoisotopic (exact) mass is 389 g/mol. The number of hydrogen-bond donors (Lipinski definition) is 1. The number of anilines is 1. The molecule has 0 spiro atoms. The van der Waals surface area contributed by atoms with E-state index in [2.05, 4.69) is 21.2 Å². The van der Waals surface area contributed by atoms with Crippen LogP contribution < -0.4 is 10.1 Å². The Bertz CT molecular complexity index is 730. The molecule has 0 aromatic heterocycles. The van der Waals surface area contributed by atoms with Gasteiger partial charge in [0.2, 0.25) is 0 Å². The van der Waals surface area contributed by atoms with Crippen molar-refractivity contribution in [1.29, 1.82) is 0 Å². The summed E-state index contributed by atoms with van der Waals surface area (Å²) in [4.78, 5) is 4.63. The molecule has 0 atom stereocenters. The number of benzene rings is 2. The van der Waals surface area contributed by atoms with Gasteiger partial charge in [0, 0.05) is 43.4 Å². The molecule has 1 aliphatic heterocycles. The lowest BCUT2D eigenvalue weighted by atomic mass is 10.2. The van der Waals surface area contributed by atoms with Gasteiger partial charge in [-0.05, 0) is 55.0 Å². The third-order valence-electron chi connectivity index (χ3n) is 4.43. The van der Waals surface area contributed by atoms with E-state index in [1.807, 2.05) is 49.4 Å². The fourth-order valence-electron chi connectivity index (χ4n) is 2.98. The molecule has 26 heavy (non-hydrogen) atoms. The molecule has 138 valence electrons. The number of thiocarbonyl (C=S) groups is 1. The maximum absolute atomic E-state index is 6.27. The lowest BCUT2D eigenvalue weighted by Gasteiger charge is -2.36. The lowest BCUT2D eigenvalue weighted by molar-refractivity contribution is 0.177. The molecular formula is C20H24ClN3OS. The summed E-state index contributed by atoms with van der Waals surface area (Å²) in [7, 11) is 0. The minimum absolute atomic E-state index is 0.670. The molecule has 1 heterocycles. The quantitative estimate of drug-likeness (QED) is 0.771. The summed E-state index contributed by atoms with van der Waals surface area (Å²) < 4.78 is 5.47. The first kappa shape index (κ1) is 19.0. The summed E-state index contributed by atoms with van der Waals surface area (Å²) in [6.07, 6.45) is 0. The summed E-state index contributed by atoms with van der Waals surface area (Å²) in [6, 6.07) is 15.9. The molecule has 0 saturated carbocycles. The van der Waals surface area contributed by atoms with Gasteiger partial charge in [-0.25, -0.2) is 0 Å². The van der Waals surface area contributed by atoms with Gasteiger partial charge >= 0.3 is 0 Å². The van der Waals surface area contributed by atoms with Gasteiger partial charge in [-0.3, -0.25) is 4.90 Å². The van der Waals surface area contributed by atoms with Crippen molar-refractivity contribution in [2.24, 2.45) is 0 Å². The van der Waals surface area contributed by atoms with E-state index in [0.717, 1.165) is 54.3 Å². The Balaban J connectivity index is 1.48. The number of ether oxygens (including phenoxy) is 1. The first-order valence-electron chi connectivity index (χ1n) is 8.90. The van der Waals surface area contributed by atoms with Crippen LogP contribution in [0.5, 0.6) is 5.75 Å². The standard InChI is InChI=1S/C20H24ClN3OS/c1-2-25-18-9-7-17(8-10-18)22-20(26)24-13-11-23(12-14-24)15-16-5-3-4-6-19(16)21/h3-10H,2,11-15H2,1H3,(H,22,26). The van der Waals surface area contributed by atoms with Crippen molar-refractivity contribution in [2.75, 3.05) is 38.1 Å². The Hall–Kier alpha value is -1.82. The average molecular weight is 390 g/mol. The number of nitrogens with one attached hydrogen (secondary N) is 1. The molecule has 2 aromatic carbocycles. The molecule has 1 aliphatic rings. The normalized spacial score (nSPS) is 14.9. The summed E-state index contributed by atoms with van der Waals surface area (Å²) in [6.45, 7) is 7.29. The molecule has 1 fully saturated rings. The topological polar surface area (TPSA) is 27.7 Å². The van der Waals surface area contributed by atoms with Crippen molar-refractivity contribution in [3.05, 3.63) is 59.1 Å². The van der Waals surface area contributed by atoms with Gasteiger partial charge in [0.15, 0.2) is 5.11 Å². The van der Waals surface area contributed by atoms with Crippen LogP contribution in [-0.2, 0) is 6.54 Å². The highest BCUT2D eigenvalue weighted by molar-refractivity contribution is 7.80. The second-order valence-electron chi connectivity index (χ2n) is 6.24. The zero-order valence-corrected chi connectivity index (χ0v) is 16.5. The highest BCUT2D eigenvalue weighted by Crippen LogP contribution is 2.19. The van der Waals surface area contributed by atoms with Crippen molar-refractivity contribution < 1.29 is 4.74 Å². The lowest BCUT2D eigenvalue weighted by Crippen LogP contribution is -2.49. The van der Waals surface area contributed by atoms with Gasteiger partial charge < -0.3 is 15.0 Å². The predicted molar refractivity (Wildman–Crippen MR) is 112 cm³/mol. The van der Waals surface area contributed by atoms with Crippen LogP contribution in [0.25, 0.3) is 0 Å². The molecule has 6 heteroatoms. The van der Waals surface area contributed by atoms with Crippen molar-refractivity contribution in [2.45, 2.75) is 13.5 Å². The highest BCUT2D eigenvalue weighted by Gasteiger charge is 2.19. The molecule has 0 unspecified atom stereocenters. The third kappa shape index (κ3) is 5.10. The molecule has 0 amide bonds. The third-order valence-corrected chi connectivity index (χ3v) is 5.16. The van der Waals surface area contributed by atoms with Gasteiger partial charge in [0.1, 0.15) is 5.75 Å². The van der Waals surface area contributed by atoms with E-state index >= 15 is 0 Å². The van der Waals surface area contributed by atoms with Gasteiger partial charge in [0.05, 0.1) is 6.61 Å².